The molecule has 0 aromatic carbocycles. The first kappa shape index (κ1) is 11.7. The van der Waals surface area contributed by atoms with E-state index in [4.69, 9.17) is 0 Å². The lowest BCUT2D eigenvalue weighted by atomic mass is 10.1. The Bertz CT molecular complexity index is 182. The van der Waals surface area contributed by atoms with E-state index < -0.39 is 0 Å². The molecule has 0 amide bonds. The summed E-state index contributed by atoms with van der Waals surface area (Å²) in [4.78, 5) is 2.27. The topological polar surface area (TPSA) is 35.5 Å². The molecular formula is C11H22N2O. The van der Waals surface area contributed by atoms with Gasteiger partial charge in [0.15, 0.2) is 0 Å². The highest BCUT2D eigenvalue weighted by molar-refractivity contribution is 4.86. The van der Waals surface area contributed by atoms with E-state index in [1.165, 1.54) is 0 Å². The molecule has 2 N–H and O–H groups in total. The van der Waals surface area contributed by atoms with Crippen LogP contribution in [0.15, 0.2) is 12.2 Å². The van der Waals surface area contributed by atoms with Gasteiger partial charge in [-0.25, -0.2) is 0 Å². The van der Waals surface area contributed by atoms with Crippen molar-refractivity contribution in [3.05, 3.63) is 12.2 Å². The number of hydrogen-bond acceptors (Lipinski definition) is 3. The molecular weight excluding hydrogens is 176 g/mol. The van der Waals surface area contributed by atoms with Gasteiger partial charge in [0.1, 0.15) is 0 Å². The second-order valence-corrected chi connectivity index (χ2v) is 4.04. The third-order valence-electron chi connectivity index (χ3n) is 2.73. The van der Waals surface area contributed by atoms with Crippen molar-refractivity contribution in [1.29, 1.82) is 0 Å². The Morgan fingerprint density at radius 2 is 2.36 bits per heavy atom. The number of nitrogens with one attached hydrogen (secondary N) is 1. The Balaban J connectivity index is 2.15. The predicted molar refractivity (Wildman–Crippen MR) is 59.3 cm³/mol. The molecule has 2 unspecified atom stereocenters. The average molecular weight is 198 g/mol. The van der Waals surface area contributed by atoms with Crippen molar-refractivity contribution in [1.82, 2.24) is 10.2 Å². The SMILES string of the molecule is C/C=C/CCN(C)CC1NCCC1O. The largest absolute Gasteiger partial charge is 0.391 e. The normalized spacial score (nSPS) is 28.0. The molecule has 0 saturated carbocycles. The minimum Gasteiger partial charge on any atom is -0.391 e. The number of nitrogens with zero attached hydrogens (tertiary/aromatic N) is 1. The summed E-state index contributed by atoms with van der Waals surface area (Å²) in [6.07, 6.45) is 6.09. The van der Waals surface area contributed by atoms with E-state index in [1.807, 2.05) is 6.92 Å². The summed E-state index contributed by atoms with van der Waals surface area (Å²) in [6, 6.07) is 0.269. The van der Waals surface area contributed by atoms with Crippen LogP contribution in [-0.2, 0) is 0 Å². The molecule has 14 heavy (non-hydrogen) atoms. The molecule has 1 aliphatic heterocycles. The van der Waals surface area contributed by atoms with Gasteiger partial charge in [-0.15, -0.1) is 0 Å². The maximum atomic E-state index is 9.61. The van der Waals surface area contributed by atoms with Crippen molar-refractivity contribution in [2.45, 2.75) is 31.9 Å². The van der Waals surface area contributed by atoms with Gasteiger partial charge in [0, 0.05) is 19.1 Å². The Morgan fingerprint density at radius 3 is 2.93 bits per heavy atom. The third kappa shape index (κ3) is 3.78. The van der Waals surface area contributed by atoms with Gasteiger partial charge in [-0.1, -0.05) is 12.2 Å². The van der Waals surface area contributed by atoms with Crippen molar-refractivity contribution in [3.63, 3.8) is 0 Å². The summed E-state index contributed by atoms with van der Waals surface area (Å²) in [5, 5.41) is 12.9. The minimum absolute atomic E-state index is 0.154. The van der Waals surface area contributed by atoms with Gasteiger partial charge in [0.25, 0.3) is 0 Å². The van der Waals surface area contributed by atoms with Crippen LogP contribution in [0.1, 0.15) is 19.8 Å². The van der Waals surface area contributed by atoms with E-state index in [0.717, 1.165) is 32.5 Å². The maximum absolute atomic E-state index is 9.61. The molecule has 0 spiro atoms. The molecule has 1 fully saturated rings. The van der Waals surface area contributed by atoms with Crippen molar-refractivity contribution in [2.24, 2.45) is 0 Å². The quantitative estimate of drug-likeness (QED) is 0.635. The fourth-order valence-electron chi connectivity index (χ4n) is 1.83. The minimum atomic E-state index is -0.154. The highest BCUT2D eigenvalue weighted by atomic mass is 16.3. The van der Waals surface area contributed by atoms with Gasteiger partial charge < -0.3 is 15.3 Å². The monoisotopic (exact) mass is 198 g/mol. The van der Waals surface area contributed by atoms with Gasteiger partial charge in [-0.2, -0.15) is 0 Å². The lowest BCUT2D eigenvalue weighted by Crippen LogP contribution is -2.41. The summed E-state index contributed by atoms with van der Waals surface area (Å²) in [5.74, 6) is 0. The van der Waals surface area contributed by atoms with Crippen LogP contribution in [0.2, 0.25) is 0 Å². The van der Waals surface area contributed by atoms with Gasteiger partial charge in [-0.05, 0) is 33.4 Å². The van der Waals surface area contributed by atoms with Crippen LogP contribution in [0.25, 0.3) is 0 Å². The fraction of sp³-hybridized carbons (Fsp3) is 0.818. The van der Waals surface area contributed by atoms with Crippen LogP contribution in [0.3, 0.4) is 0 Å². The molecule has 82 valence electrons. The number of rotatable bonds is 5. The van der Waals surface area contributed by atoms with Crippen LogP contribution in [0, 0.1) is 0 Å². The second kappa shape index (κ2) is 6.17. The molecule has 2 atom stereocenters. The Morgan fingerprint density at radius 1 is 1.57 bits per heavy atom. The van der Waals surface area contributed by atoms with Crippen molar-refractivity contribution in [3.8, 4) is 0 Å². The van der Waals surface area contributed by atoms with Gasteiger partial charge in [0.05, 0.1) is 6.10 Å². The highest BCUT2D eigenvalue weighted by Gasteiger charge is 2.25. The maximum Gasteiger partial charge on any atom is 0.0717 e. The third-order valence-corrected chi connectivity index (χ3v) is 2.73. The van der Waals surface area contributed by atoms with Crippen LogP contribution in [0.5, 0.6) is 0 Å². The fourth-order valence-corrected chi connectivity index (χ4v) is 1.83. The molecule has 3 heteroatoms. The summed E-state index contributed by atoms with van der Waals surface area (Å²) in [7, 11) is 2.11. The second-order valence-electron chi connectivity index (χ2n) is 4.04. The molecule has 0 aliphatic carbocycles. The zero-order valence-corrected chi connectivity index (χ0v) is 9.24. The number of aliphatic hydroxyl groups is 1. The molecule has 0 aromatic rings. The number of allylic oxidation sites excluding steroid dienone is 1. The Kier molecular flexibility index (Phi) is 5.15. The number of aliphatic hydroxyl groups excluding tert-OH is 1. The van der Waals surface area contributed by atoms with Crippen molar-refractivity contribution >= 4 is 0 Å². The highest BCUT2D eigenvalue weighted by Crippen LogP contribution is 2.07. The van der Waals surface area contributed by atoms with Crippen LogP contribution in [-0.4, -0.2) is 48.8 Å². The molecule has 3 nitrogen and oxygen atoms in total. The van der Waals surface area contributed by atoms with Crippen LogP contribution in [0.4, 0.5) is 0 Å². The molecule has 0 aromatic heterocycles. The standard InChI is InChI=1S/C11H22N2O/c1-3-4-5-8-13(2)9-10-11(14)6-7-12-10/h3-4,10-12,14H,5-9H2,1-2H3/b4-3+. The molecule has 1 heterocycles. The first-order valence-electron chi connectivity index (χ1n) is 5.45. The summed E-state index contributed by atoms with van der Waals surface area (Å²) >= 11 is 0. The van der Waals surface area contributed by atoms with Gasteiger partial charge >= 0.3 is 0 Å². The number of likely N-dealkylation sites (N-methyl/N-ethyl adjacent to an activating group) is 1. The molecule has 1 saturated heterocycles. The van der Waals surface area contributed by atoms with E-state index in [1.54, 1.807) is 0 Å². The smallest absolute Gasteiger partial charge is 0.0717 e. The van der Waals surface area contributed by atoms with Crippen LogP contribution >= 0.6 is 0 Å². The lowest BCUT2D eigenvalue weighted by molar-refractivity contribution is 0.138. The van der Waals surface area contributed by atoms with Gasteiger partial charge in [0.2, 0.25) is 0 Å². The zero-order chi connectivity index (χ0) is 10.4. The van der Waals surface area contributed by atoms with E-state index in [-0.39, 0.29) is 12.1 Å². The van der Waals surface area contributed by atoms with E-state index in [2.05, 4.69) is 29.4 Å². The summed E-state index contributed by atoms with van der Waals surface area (Å²) in [6.45, 7) is 5.00. The van der Waals surface area contributed by atoms with Crippen LogP contribution < -0.4 is 5.32 Å². The van der Waals surface area contributed by atoms with Crippen molar-refractivity contribution in [2.75, 3.05) is 26.7 Å². The zero-order valence-electron chi connectivity index (χ0n) is 9.24. The predicted octanol–water partition coefficient (Wildman–Crippen LogP) is 0.607. The summed E-state index contributed by atoms with van der Waals surface area (Å²) in [5.41, 5.74) is 0. The first-order chi connectivity index (χ1) is 6.74. The molecule has 0 radical (unpaired) electrons. The molecule has 1 rings (SSSR count). The molecule has 0 bridgehead atoms. The van der Waals surface area contributed by atoms with E-state index >= 15 is 0 Å². The lowest BCUT2D eigenvalue weighted by Gasteiger charge is -2.22. The van der Waals surface area contributed by atoms with E-state index in [9.17, 15) is 5.11 Å². The van der Waals surface area contributed by atoms with Gasteiger partial charge in [-0.3, -0.25) is 0 Å². The summed E-state index contributed by atoms with van der Waals surface area (Å²) < 4.78 is 0. The average Bonchev–Trinajstić information content (AvgIpc) is 2.52. The Hall–Kier alpha value is -0.380. The van der Waals surface area contributed by atoms with Crippen molar-refractivity contribution < 1.29 is 5.11 Å². The first-order valence-corrected chi connectivity index (χ1v) is 5.45. The molecule has 1 aliphatic rings. The number of hydrogen-bond donors (Lipinski definition) is 2. The Labute approximate surface area is 86.8 Å². The van der Waals surface area contributed by atoms with E-state index in [0.29, 0.717) is 0 Å².